The summed E-state index contributed by atoms with van der Waals surface area (Å²) in [6.45, 7) is 8.18. The van der Waals surface area contributed by atoms with Gasteiger partial charge in [0.25, 0.3) is 0 Å². The number of amides is 1. The molecule has 1 atom stereocenters. The second-order valence-corrected chi connectivity index (χ2v) is 7.19. The van der Waals surface area contributed by atoms with E-state index in [0.717, 1.165) is 23.6 Å². The maximum atomic E-state index is 11.7. The molecular formula is C15H22N2O2S. The minimum Gasteiger partial charge on any atom is -0.444 e. The third-order valence-electron chi connectivity index (χ3n) is 3.03. The normalized spacial score (nSPS) is 18.3. The van der Waals surface area contributed by atoms with E-state index in [1.54, 1.807) is 0 Å². The molecule has 1 N–H and O–H groups in total. The van der Waals surface area contributed by atoms with Crippen LogP contribution in [0, 0.1) is 6.92 Å². The van der Waals surface area contributed by atoms with Crippen molar-refractivity contribution in [3.63, 3.8) is 0 Å². The fourth-order valence-electron chi connectivity index (χ4n) is 2.15. The number of nitrogens with one attached hydrogen (secondary N) is 1. The molecule has 0 fully saturated rings. The Morgan fingerprint density at radius 1 is 1.50 bits per heavy atom. The lowest BCUT2D eigenvalue weighted by atomic mass is 10.0. The van der Waals surface area contributed by atoms with Crippen LogP contribution in [0.25, 0.3) is 0 Å². The number of hydrogen-bond acceptors (Lipinski definition) is 4. The molecule has 2 heterocycles. The molecule has 0 radical (unpaired) electrons. The van der Waals surface area contributed by atoms with Crippen molar-refractivity contribution in [2.24, 2.45) is 0 Å². The first-order valence-electron chi connectivity index (χ1n) is 6.92. The first-order chi connectivity index (χ1) is 9.35. The van der Waals surface area contributed by atoms with E-state index in [4.69, 9.17) is 4.74 Å². The Kier molecular flexibility index (Phi) is 4.58. The zero-order chi connectivity index (χ0) is 14.8. The van der Waals surface area contributed by atoms with Gasteiger partial charge in [0, 0.05) is 23.1 Å². The van der Waals surface area contributed by atoms with Gasteiger partial charge in [-0.25, -0.2) is 4.79 Å². The largest absolute Gasteiger partial charge is 0.444 e. The van der Waals surface area contributed by atoms with Gasteiger partial charge in [0.05, 0.1) is 5.69 Å². The molecule has 0 bridgehead atoms. The molecule has 4 nitrogen and oxygen atoms in total. The van der Waals surface area contributed by atoms with Crippen LogP contribution in [-0.4, -0.2) is 29.0 Å². The van der Waals surface area contributed by atoms with Gasteiger partial charge < -0.3 is 10.1 Å². The number of aromatic nitrogens is 1. The maximum Gasteiger partial charge on any atom is 0.407 e. The van der Waals surface area contributed by atoms with Crippen LogP contribution < -0.4 is 5.32 Å². The molecule has 0 aromatic carbocycles. The smallest absolute Gasteiger partial charge is 0.407 e. The molecule has 1 unspecified atom stereocenters. The molecular weight excluding hydrogens is 272 g/mol. The molecule has 1 aromatic rings. The van der Waals surface area contributed by atoms with Crippen LogP contribution in [0.2, 0.25) is 0 Å². The van der Waals surface area contributed by atoms with E-state index in [0.29, 0.717) is 6.54 Å². The number of alkyl carbamates (subject to hydrolysis) is 1. The Labute approximate surface area is 124 Å². The van der Waals surface area contributed by atoms with Gasteiger partial charge in [-0.3, -0.25) is 4.98 Å². The number of carbonyl (C=O) groups excluding carboxylic acids is 1. The molecule has 20 heavy (non-hydrogen) atoms. The summed E-state index contributed by atoms with van der Waals surface area (Å²) in [5, 5.41) is 2.86. The highest BCUT2D eigenvalue weighted by Crippen LogP contribution is 2.35. The van der Waals surface area contributed by atoms with Crippen molar-refractivity contribution in [2.45, 2.75) is 50.5 Å². The van der Waals surface area contributed by atoms with Crippen molar-refractivity contribution < 1.29 is 9.53 Å². The first kappa shape index (κ1) is 15.2. The fraction of sp³-hybridized carbons (Fsp3) is 0.600. The Morgan fingerprint density at radius 3 is 2.95 bits per heavy atom. The van der Waals surface area contributed by atoms with Gasteiger partial charge in [-0.15, -0.1) is 11.8 Å². The SMILES string of the molecule is Cc1ccc2c(n1)C(CNC(=O)OC(C)(C)C)CCS2. The molecule has 0 aliphatic carbocycles. The number of rotatable bonds is 2. The second kappa shape index (κ2) is 6.04. The van der Waals surface area contributed by atoms with Gasteiger partial charge in [0.15, 0.2) is 0 Å². The van der Waals surface area contributed by atoms with Crippen LogP contribution in [0.4, 0.5) is 4.79 Å². The Bertz CT molecular complexity index is 497. The van der Waals surface area contributed by atoms with E-state index >= 15 is 0 Å². The van der Waals surface area contributed by atoms with Crippen molar-refractivity contribution in [2.75, 3.05) is 12.3 Å². The van der Waals surface area contributed by atoms with E-state index < -0.39 is 5.60 Å². The highest BCUT2D eigenvalue weighted by atomic mass is 32.2. The van der Waals surface area contributed by atoms with Gasteiger partial charge in [-0.05, 0) is 52.0 Å². The molecule has 110 valence electrons. The molecule has 0 saturated carbocycles. The average molecular weight is 294 g/mol. The zero-order valence-corrected chi connectivity index (χ0v) is 13.3. The Morgan fingerprint density at radius 2 is 2.25 bits per heavy atom. The molecule has 0 saturated heterocycles. The van der Waals surface area contributed by atoms with Crippen molar-refractivity contribution >= 4 is 17.9 Å². The van der Waals surface area contributed by atoms with E-state index in [9.17, 15) is 4.79 Å². The van der Waals surface area contributed by atoms with Gasteiger partial charge >= 0.3 is 6.09 Å². The first-order valence-corrected chi connectivity index (χ1v) is 7.91. The molecule has 1 amide bonds. The number of nitrogens with zero attached hydrogens (tertiary/aromatic N) is 1. The van der Waals surface area contributed by atoms with Gasteiger partial charge in [-0.2, -0.15) is 0 Å². The van der Waals surface area contributed by atoms with Gasteiger partial charge in [0.1, 0.15) is 5.60 Å². The minimum absolute atomic E-state index is 0.277. The Balaban J connectivity index is 1.98. The van der Waals surface area contributed by atoms with Gasteiger partial charge in [0.2, 0.25) is 0 Å². The topological polar surface area (TPSA) is 51.2 Å². The van der Waals surface area contributed by atoms with Crippen LogP contribution in [0.1, 0.15) is 44.5 Å². The van der Waals surface area contributed by atoms with Crippen LogP contribution in [0.5, 0.6) is 0 Å². The number of pyridine rings is 1. The lowest BCUT2D eigenvalue weighted by molar-refractivity contribution is 0.0524. The zero-order valence-electron chi connectivity index (χ0n) is 12.5. The molecule has 0 spiro atoms. The fourth-order valence-corrected chi connectivity index (χ4v) is 3.29. The monoisotopic (exact) mass is 294 g/mol. The molecule has 1 aliphatic heterocycles. The van der Waals surface area contributed by atoms with Crippen LogP contribution in [0.15, 0.2) is 17.0 Å². The lowest BCUT2D eigenvalue weighted by Crippen LogP contribution is -2.35. The van der Waals surface area contributed by atoms with Gasteiger partial charge in [-0.1, -0.05) is 0 Å². The summed E-state index contributed by atoms with van der Waals surface area (Å²) < 4.78 is 5.26. The standard InChI is InChI=1S/C15H22N2O2S/c1-10-5-6-12-13(17-10)11(7-8-20-12)9-16-14(18)19-15(2,3)4/h5-6,11H,7-9H2,1-4H3,(H,16,18). The minimum atomic E-state index is -0.459. The quantitative estimate of drug-likeness (QED) is 0.907. The molecule has 1 aromatic heterocycles. The van der Waals surface area contributed by atoms with E-state index in [2.05, 4.69) is 16.4 Å². The number of thioether (sulfide) groups is 1. The predicted molar refractivity (Wildman–Crippen MR) is 81.3 cm³/mol. The molecule has 5 heteroatoms. The summed E-state index contributed by atoms with van der Waals surface area (Å²) in [5.41, 5.74) is 1.67. The highest BCUT2D eigenvalue weighted by molar-refractivity contribution is 7.99. The summed E-state index contributed by atoms with van der Waals surface area (Å²) >= 11 is 1.84. The molecule has 1 aliphatic rings. The number of ether oxygens (including phenoxy) is 1. The third-order valence-corrected chi connectivity index (χ3v) is 4.12. The summed E-state index contributed by atoms with van der Waals surface area (Å²) in [6, 6.07) is 4.16. The lowest BCUT2D eigenvalue weighted by Gasteiger charge is -2.25. The van der Waals surface area contributed by atoms with Crippen molar-refractivity contribution in [3.8, 4) is 0 Å². The second-order valence-electron chi connectivity index (χ2n) is 6.05. The maximum absolute atomic E-state index is 11.7. The van der Waals surface area contributed by atoms with Crippen LogP contribution in [0.3, 0.4) is 0 Å². The van der Waals surface area contributed by atoms with Crippen molar-refractivity contribution in [3.05, 3.63) is 23.5 Å². The highest BCUT2D eigenvalue weighted by Gasteiger charge is 2.24. The molecule has 2 rings (SSSR count). The van der Waals surface area contributed by atoms with E-state index in [-0.39, 0.29) is 12.0 Å². The number of aryl methyl sites for hydroxylation is 1. The number of carbonyl (C=O) groups is 1. The summed E-state index contributed by atoms with van der Waals surface area (Å²) in [4.78, 5) is 17.6. The van der Waals surface area contributed by atoms with E-state index in [1.807, 2.05) is 45.5 Å². The summed E-state index contributed by atoms with van der Waals surface area (Å²) in [7, 11) is 0. The number of hydrogen-bond donors (Lipinski definition) is 1. The summed E-state index contributed by atoms with van der Waals surface area (Å²) in [5.74, 6) is 1.34. The summed E-state index contributed by atoms with van der Waals surface area (Å²) in [6.07, 6.45) is 0.675. The number of fused-ring (bicyclic) bond motifs is 1. The predicted octanol–water partition coefficient (Wildman–Crippen LogP) is 3.49. The average Bonchev–Trinajstić information content (AvgIpc) is 2.34. The Hall–Kier alpha value is -1.23. The van der Waals surface area contributed by atoms with Crippen LogP contribution >= 0.6 is 11.8 Å². The van der Waals surface area contributed by atoms with Crippen molar-refractivity contribution in [1.29, 1.82) is 0 Å². The van der Waals surface area contributed by atoms with Crippen LogP contribution in [-0.2, 0) is 4.74 Å². The van der Waals surface area contributed by atoms with Crippen molar-refractivity contribution in [1.82, 2.24) is 10.3 Å². The van der Waals surface area contributed by atoms with E-state index in [1.165, 1.54) is 4.90 Å². The third kappa shape index (κ3) is 4.13.